The zero-order valence-electron chi connectivity index (χ0n) is 10.6. The second-order valence-corrected chi connectivity index (χ2v) is 5.23. The molecule has 0 saturated carbocycles. The molecule has 5 nitrogen and oxygen atoms in total. The summed E-state index contributed by atoms with van der Waals surface area (Å²) < 4.78 is 12.1. The van der Waals surface area contributed by atoms with Gasteiger partial charge in [0.05, 0.1) is 6.61 Å². The van der Waals surface area contributed by atoms with Crippen LogP contribution in [0.4, 0.5) is 0 Å². The summed E-state index contributed by atoms with van der Waals surface area (Å²) in [5.74, 6) is 1.17. The Labute approximate surface area is 130 Å². The third-order valence-corrected chi connectivity index (χ3v) is 3.20. The fourth-order valence-electron chi connectivity index (χ4n) is 1.52. The van der Waals surface area contributed by atoms with Crippen LogP contribution in [-0.2, 0) is 6.61 Å². The zero-order valence-corrected chi connectivity index (χ0v) is 12.8. The first kappa shape index (κ1) is 14.9. The third kappa shape index (κ3) is 4.24. The number of carbonyl (C=O) groups is 1. The lowest BCUT2D eigenvalue weighted by Crippen LogP contribution is -2.25. The van der Waals surface area contributed by atoms with Crippen molar-refractivity contribution in [3.8, 4) is 5.75 Å². The SMILES string of the molecule is O=C(NCCO)c1ccc(COc2ccc(I)cc2)o1. The van der Waals surface area contributed by atoms with Crippen LogP contribution in [0, 0.1) is 3.57 Å². The number of hydrogen-bond acceptors (Lipinski definition) is 4. The van der Waals surface area contributed by atoms with E-state index in [1.807, 2.05) is 24.3 Å². The lowest BCUT2D eigenvalue weighted by molar-refractivity contribution is 0.0913. The van der Waals surface area contributed by atoms with Gasteiger partial charge in [0.1, 0.15) is 18.1 Å². The molecule has 1 aromatic carbocycles. The number of nitrogens with one attached hydrogen (secondary N) is 1. The van der Waals surface area contributed by atoms with Crippen molar-refractivity contribution < 1.29 is 19.1 Å². The summed E-state index contributed by atoms with van der Waals surface area (Å²) in [4.78, 5) is 11.6. The van der Waals surface area contributed by atoms with Gasteiger partial charge in [-0.3, -0.25) is 4.79 Å². The van der Waals surface area contributed by atoms with Gasteiger partial charge in [-0.15, -0.1) is 0 Å². The summed E-state index contributed by atoms with van der Waals surface area (Å²) in [6, 6.07) is 10.9. The molecule has 0 saturated heterocycles. The van der Waals surface area contributed by atoms with Crippen LogP contribution in [0.25, 0.3) is 0 Å². The number of aliphatic hydroxyl groups is 1. The fourth-order valence-corrected chi connectivity index (χ4v) is 1.88. The highest BCUT2D eigenvalue weighted by atomic mass is 127. The Kier molecular flexibility index (Phi) is 5.42. The number of benzene rings is 1. The van der Waals surface area contributed by atoms with Gasteiger partial charge in [0.2, 0.25) is 0 Å². The van der Waals surface area contributed by atoms with Crippen molar-refractivity contribution in [3.63, 3.8) is 0 Å². The second-order valence-electron chi connectivity index (χ2n) is 3.99. The van der Waals surface area contributed by atoms with Crippen LogP contribution in [0.1, 0.15) is 16.3 Å². The van der Waals surface area contributed by atoms with Crippen LogP contribution < -0.4 is 10.1 Å². The number of rotatable bonds is 6. The molecule has 0 spiro atoms. The molecule has 0 atom stereocenters. The first-order valence-corrected chi connectivity index (χ1v) is 7.13. The van der Waals surface area contributed by atoms with Gasteiger partial charge >= 0.3 is 0 Å². The van der Waals surface area contributed by atoms with E-state index in [0.717, 1.165) is 9.32 Å². The molecule has 0 bridgehead atoms. The van der Waals surface area contributed by atoms with E-state index >= 15 is 0 Å². The maximum absolute atomic E-state index is 11.6. The summed E-state index contributed by atoms with van der Waals surface area (Å²) in [6.45, 7) is 0.358. The van der Waals surface area contributed by atoms with E-state index in [9.17, 15) is 4.79 Å². The maximum atomic E-state index is 11.6. The van der Waals surface area contributed by atoms with Crippen molar-refractivity contribution in [2.45, 2.75) is 6.61 Å². The standard InChI is InChI=1S/C14H14INO4/c15-10-1-3-11(4-2-10)19-9-12-5-6-13(20-12)14(18)16-7-8-17/h1-6,17H,7-9H2,(H,16,18). The molecule has 106 valence electrons. The highest BCUT2D eigenvalue weighted by molar-refractivity contribution is 14.1. The molecular formula is C14H14INO4. The minimum absolute atomic E-state index is 0.102. The first-order chi connectivity index (χ1) is 9.69. The van der Waals surface area contributed by atoms with E-state index in [0.29, 0.717) is 5.76 Å². The molecular weight excluding hydrogens is 373 g/mol. The van der Waals surface area contributed by atoms with Crippen LogP contribution in [-0.4, -0.2) is 24.2 Å². The quantitative estimate of drug-likeness (QED) is 0.746. The summed E-state index contributed by atoms with van der Waals surface area (Å²) in [5.41, 5.74) is 0. The van der Waals surface area contributed by atoms with Gasteiger partial charge in [-0.05, 0) is 59.0 Å². The van der Waals surface area contributed by atoms with E-state index in [4.69, 9.17) is 14.3 Å². The molecule has 0 aliphatic rings. The van der Waals surface area contributed by atoms with Gasteiger partial charge in [-0.1, -0.05) is 0 Å². The third-order valence-electron chi connectivity index (χ3n) is 2.48. The van der Waals surface area contributed by atoms with Crippen molar-refractivity contribution in [1.29, 1.82) is 0 Å². The summed E-state index contributed by atoms with van der Waals surface area (Å²) in [5, 5.41) is 11.1. The van der Waals surface area contributed by atoms with E-state index in [1.165, 1.54) is 0 Å². The Morgan fingerprint density at radius 3 is 2.70 bits per heavy atom. The van der Waals surface area contributed by atoms with Crippen LogP contribution in [0.5, 0.6) is 5.75 Å². The van der Waals surface area contributed by atoms with Gasteiger partial charge in [0, 0.05) is 10.1 Å². The van der Waals surface area contributed by atoms with Gasteiger partial charge in [0.25, 0.3) is 5.91 Å². The van der Waals surface area contributed by atoms with Crippen molar-refractivity contribution in [1.82, 2.24) is 5.32 Å². The smallest absolute Gasteiger partial charge is 0.287 e. The average molecular weight is 387 g/mol. The predicted octanol–water partition coefficient (Wildman–Crippen LogP) is 2.19. The molecule has 2 N–H and O–H groups in total. The fraction of sp³-hybridized carbons (Fsp3) is 0.214. The molecule has 2 rings (SSSR count). The van der Waals surface area contributed by atoms with Gasteiger partial charge < -0.3 is 19.6 Å². The Balaban J connectivity index is 1.89. The predicted molar refractivity (Wildman–Crippen MR) is 81.6 cm³/mol. The number of furan rings is 1. The number of halogens is 1. The number of ether oxygens (including phenoxy) is 1. The molecule has 1 aromatic heterocycles. The van der Waals surface area contributed by atoms with Crippen LogP contribution in [0.2, 0.25) is 0 Å². The number of carbonyl (C=O) groups excluding carboxylic acids is 1. The Hall–Kier alpha value is -1.54. The van der Waals surface area contributed by atoms with Crippen molar-refractivity contribution >= 4 is 28.5 Å². The maximum Gasteiger partial charge on any atom is 0.287 e. The molecule has 20 heavy (non-hydrogen) atoms. The van der Waals surface area contributed by atoms with Crippen molar-refractivity contribution in [3.05, 3.63) is 51.5 Å². The Morgan fingerprint density at radius 1 is 1.25 bits per heavy atom. The summed E-state index contributed by atoms with van der Waals surface area (Å²) in [6.07, 6.45) is 0. The number of amides is 1. The molecule has 0 radical (unpaired) electrons. The topological polar surface area (TPSA) is 71.7 Å². The summed E-state index contributed by atoms with van der Waals surface area (Å²) >= 11 is 2.22. The molecule has 0 fully saturated rings. The van der Waals surface area contributed by atoms with E-state index in [2.05, 4.69) is 27.9 Å². The zero-order chi connectivity index (χ0) is 14.4. The highest BCUT2D eigenvalue weighted by Gasteiger charge is 2.10. The molecule has 0 aliphatic carbocycles. The molecule has 1 heterocycles. The second kappa shape index (κ2) is 7.30. The molecule has 2 aromatic rings. The number of aliphatic hydroxyl groups excluding tert-OH is 1. The van der Waals surface area contributed by atoms with E-state index < -0.39 is 0 Å². The van der Waals surface area contributed by atoms with E-state index in [-0.39, 0.29) is 31.4 Å². The van der Waals surface area contributed by atoms with Gasteiger partial charge in [-0.2, -0.15) is 0 Å². The minimum atomic E-state index is -0.348. The largest absolute Gasteiger partial charge is 0.486 e. The Morgan fingerprint density at radius 2 is 2.00 bits per heavy atom. The van der Waals surface area contributed by atoms with Crippen LogP contribution in [0.15, 0.2) is 40.8 Å². The summed E-state index contributed by atoms with van der Waals surface area (Å²) in [7, 11) is 0. The first-order valence-electron chi connectivity index (χ1n) is 6.05. The van der Waals surface area contributed by atoms with Gasteiger partial charge in [-0.25, -0.2) is 0 Å². The van der Waals surface area contributed by atoms with Crippen molar-refractivity contribution in [2.75, 3.05) is 13.2 Å². The van der Waals surface area contributed by atoms with Gasteiger partial charge in [0.15, 0.2) is 5.76 Å². The lowest BCUT2D eigenvalue weighted by Gasteiger charge is -2.04. The van der Waals surface area contributed by atoms with Crippen molar-refractivity contribution in [2.24, 2.45) is 0 Å². The normalized spacial score (nSPS) is 10.3. The van der Waals surface area contributed by atoms with Crippen LogP contribution in [0.3, 0.4) is 0 Å². The van der Waals surface area contributed by atoms with E-state index in [1.54, 1.807) is 12.1 Å². The highest BCUT2D eigenvalue weighted by Crippen LogP contribution is 2.16. The molecule has 0 aliphatic heterocycles. The minimum Gasteiger partial charge on any atom is -0.486 e. The average Bonchev–Trinajstić information content (AvgIpc) is 2.93. The monoisotopic (exact) mass is 387 g/mol. The molecule has 0 unspecified atom stereocenters. The molecule has 1 amide bonds. The van der Waals surface area contributed by atoms with Crippen LogP contribution >= 0.6 is 22.6 Å². The Bertz CT molecular complexity index is 565. The number of hydrogen-bond donors (Lipinski definition) is 2. The lowest BCUT2D eigenvalue weighted by atomic mass is 10.3. The molecule has 6 heteroatoms.